The van der Waals surface area contributed by atoms with Gasteiger partial charge in [-0.1, -0.05) is 26.0 Å². The number of hydrogen-bond acceptors (Lipinski definition) is 4. The first-order valence-corrected chi connectivity index (χ1v) is 10.7. The van der Waals surface area contributed by atoms with E-state index in [1.807, 2.05) is 32.1 Å². The number of imide groups is 1. The van der Waals surface area contributed by atoms with Crippen molar-refractivity contribution in [3.05, 3.63) is 41.0 Å². The monoisotopic (exact) mass is 412 g/mol. The van der Waals surface area contributed by atoms with Gasteiger partial charge in [0.1, 0.15) is 5.75 Å². The van der Waals surface area contributed by atoms with Crippen LogP contribution in [0.1, 0.15) is 68.7 Å². The number of carbonyl (C=O) groups is 3. The SMILES string of the molecule is COc1cc(C)c([C@H](C)NC(=O)CCN2C(=O)[C@H]3CC=CC[C@H]3C2=O)cc1C(C)C. The maximum atomic E-state index is 12.6. The summed E-state index contributed by atoms with van der Waals surface area (Å²) in [5.41, 5.74) is 3.19. The zero-order valence-corrected chi connectivity index (χ0v) is 18.5. The number of carbonyl (C=O) groups excluding carboxylic acids is 3. The molecule has 1 aromatic rings. The highest BCUT2D eigenvalue weighted by molar-refractivity contribution is 6.05. The van der Waals surface area contributed by atoms with E-state index in [4.69, 9.17) is 4.74 Å². The summed E-state index contributed by atoms with van der Waals surface area (Å²) in [4.78, 5) is 38.9. The van der Waals surface area contributed by atoms with E-state index < -0.39 is 0 Å². The fourth-order valence-electron chi connectivity index (χ4n) is 4.50. The van der Waals surface area contributed by atoms with Crippen molar-refractivity contribution in [2.24, 2.45) is 11.8 Å². The van der Waals surface area contributed by atoms with Crippen LogP contribution in [-0.2, 0) is 14.4 Å². The van der Waals surface area contributed by atoms with Crippen molar-refractivity contribution >= 4 is 17.7 Å². The molecule has 3 amide bonds. The Kier molecular flexibility index (Phi) is 6.64. The lowest BCUT2D eigenvalue weighted by Gasteiger charge is -2.21. The second kappa shape index (κ2) is 9.02. The van der Waals surface area contributed by atoms with Crippen LogP contribution < -0.4 is 10.1 Å². The third-order valence-electron chi connectivity index (χ3n) is 6.25. The fraction of sp³-hybridized carbons (Fsp3) is 0.542. The molecule has 3 atom stereocenters. The minimum absolute atomic E-state index is 0.112. The van der Waals surface area contributed by atoms with Crippen LogP contribution in [0.5, 0.6) is 5.75 Å². The average Bonchev–Trinajstić information content (AvgIpc) is 2.96. The molecule has 0 radical (unpaired) electrons. The highest BCUT2D eigenvalue weighted by atomic mass is 16.5. The number of benzene rings is 1. The first-order chi connectivity index (χ1) is 14.2. The highest BCUT2D eigenvalue weighted by Crippen LogP contribution is 2.35. The number of hydrogen-bond donors (Lipinski definition) is 1. The third-order valence-corrected chi connectivity index (χ3v) is 6.25. The molecule has 1 aliphatic carbocycles. The number of allylic oxidation sites excluding steroid dienone is 2. The molecule has 0 aromatic heterocycles. The maximum Gasteiger partial charge on any atom is 0.233 e. The molecule has 0 unspecified atom stereocenters. The lowest BCUT2D eigenvalue weighted by molar-refractivity contribution is -0.140. The van der Waals surface area contributed by atoms with Crippen LogP contribution in [0.3, 0.4) is 0 Å². The van der Waals surface area contributed by atoms with Crippen molar-refractivity contribution < 1.29 is 19.1 Å². The molecule has 1 heterocycles. The van der Waals surface area contributed by atoms with Crippen molar-refractivity contribution in [1.82, 2.24) is 10.2 Å². The van der Waals surface area contributed by atoms with Gasteiger partial charge in [0, 0.05) is 13.0 Å². The van der Waals surface area contributed by atoms with Gasteiger partial charge in [0.25, 0.3) is 0 Å². The van der Waals surface area contributed by atoms with Gasteiger partial charge in [-0.2, -0.15) is 0 Å². The van der Waals surface area contributed by atoms with Crippen LogP contribution in [-0.4, -0.2) is 36.3 Å². The first-order valence-electron chi connectivity index (χ1n) is 10.7. The van der Waals surface area contributed by atoms with E-state index in [0.717, 1.165) is 22.4 Å². The van der Waals surface area contributed by atoms with Gasteiger partial charge in [-0.3, -0.25) is 19.3 Å². The van der Waals surface area contributed by atoms with Crippen LogP contribution in [0.15, 0.2) is 24.3 Å². The zero-order chi connectivity index (χ0) is 22.0. The Morgan fingerprint density at radius 1 is 1.10 bits per heavy atom. The smallest absolute Gasteiger partial charge is 0.233 e. The molecule has 1 fully saturated rings. The number of ether oxygens (including phenoxy) is 1. The topological polar surface area (TPSA) is 75.7 Å². The van der Waals surface area contributed by atoms with Gasteiger partial charge in [0.15, 0.2) is 0 Å². The van der Waals surface area contributed by atoms with Gasteiger partial charge < -0.3 is 10.1 Å². The Morgan fingerprint density at radius 3 is 2.23 bits per heavy atom. The third kappa shape index (κ3) is 4.27. The molecule has 0 saturated carbocycles. The molecule has 2 aliphatic rings. The molecule has 162 valence electrons. The summed E-state index contributed by atoms with van der Waals surface area (Å²) in [6.45, 7) is 8.31. The molecule has 3 rings (SSSR count). The van der Waals surface area contributed by atoms with E-state index in [9.17, 15) is 14.4 Å². The van der Waals surface area contributed by atoms with E-state index in [0.29, 0.717) is 18.8 Å². The van der Waals surface area contributed by atoms with E-state index in [2.05, 4.69) is 25.2 Å². The predicted octanol–water partition coefficient (Wildman–Crippen LogP) is 3.65. The molecule has 1 aliphatic heterocycles. The second-order valence-corrected chi connectivity index (χ2v) is 8.63. The van der Waals surface area contributed by atoms with Crippen LogP contribution >= 0.6 is 0 Å². The number of likely N-dealkylation sites (tertiary alicyclic amines) is 1. The summed E-state index contributed by atoms with van der Waals surface area (Å²) in [7, 11) is 1.67. The molecule has 1 N–H and O–H groups in total. The van der Waals surface area contributed by atoms with Crippen molar-refractivity contribution in [3.8, 4) is 5.75 Å². The number of amides is 3. The van der Waals surface area contributed by atoms with Crippen molar-refractivity contribution in [2.75, 3.05) is 13.7 Å². The number of fused-ring (bicyclic) bond motifs is 1. The van der Waals surface area contributed by atoms with E-state index in [-0.39, 0.29) is 48.6 Å². The summed E-state index contributed by atoms with van der Waals surface area (Å²) in [5, 5.41) is 3.02. The average molecular weight is 413 g/mol. The molecule has 0 bridgehead atoms. The molecule has 0 spiro atoms. The van der Waals surface area contributed by atoms with Gasteiger partial charge in [0.05, 0.1) is 25.0 Å². The Morgan fingerprint density at radius 2 is 1.70 bits per heavy atom. The van der Waals surface area contributed by atoms with Gasteiger partial charge in [-0.15, -0.1) is 0 Å². The van der Waals surface area contributed by atoms with Crippen LogP contribution in [0.25, 0.3) is 0 Å². The Balaban J connectivity index is 1.62. The number of nitrogens with one attached hydrogen (secondary N) is 1. The summed E-state index contributed by atoms with van der Waals surface area (Å²) in [6, 6.07) is 3.91. The number of rotatable bonds is 7. The van der Waals surface area contributed by atoms with Gasteiger partial charge >= 0.3 is 0 Å². The quantitative estimate of drug-likeness (QED) is 0.548. The normalized spacial score (nSPS) is 21.7. The molecular formula is C24H32N2O4. The molecule has 30 heavy (non-hydrogen) atoms. The standard InChI is InChI=1S/C24H32N2O4/c1-14(2)19-13-20(15(3)12-21(19)30-5)16(4)25-22(27)10-11-26-23(28)17-8-6-7-9-18(17)24(26)29/h6-7,12-14,16-18H,8-11H2,1-5H3,(H,25,27)/t16-,17-,18+/m0/s1. The Labute approximate surface area is 178 Å². The lowest BCUT2D eigenvalue weighted by Crippen LogP contribution is -2.36. The minimum atomic E-state index is -0.249. The predicted molar refractivity (Wildman–Crippen MR) is 115 cm³/mol. The number of methoxy groups -OCH3 is 1. The van der Waals surface area contributed by atoms with Crippen molar-refractivity contribution in [3.63, 3.8) is 0 Å². The lowest BCUT2D eigenvalue weighted by atomic mass is 9.85. The van der Waals surface area contributed by atoms with Gasteiger partial charge in [0.2, 0.25) is 17.7 Å². The largest absolute Gasteiger partial charge is 0.496 e. The Hall–Kier alpha value is -2.63. The summed E-state index contributed by atoms with van der Waals surface area (Å²) in [6.07, 6.45) is 5.27. The van der Waals surface area contributed by atoms with Crippen molar-refractivity contribution in [2.45, 2.75) is 58.9 Å². The number of aryl methyl sites for hydroxylation is 1. The maximum absolute atomic E-state index is 12.6. The molecular weight excluding hydrogens is 380 g/mol. The molecule has 6 heteroatoms. The number of nitrogens with zero attached hydrogens (tertiary/aromatic N) is 1. The van der Waals surface area contributed by atoms with Gasteiger partial charge in [-0.05, 0) is 61.4 Å². The van der Waals surface area contributed by atoms with Gasteiger partial charge in [-0.25, -0.2) is 0 Å². The second-order valence-electron chi connectivity index (χ2n) is 8.63. The molecule has 1 saturated heterocycles. The molecule has 1 aromatic carbocycles. The van der Waals surface area contributed by atoms with E-state index in [1.54, 1.807) is 7.11 Å². The van der Waals surface area contributed by atoms with Crippen molar-refractivity contribution in [1.29, 1.82) is 0 Å². The van der Waals surface area contributed by atoms with E-state index in [1.165, 1.54) is 4.90 Å². The summed E-state index contributed by atoms with van der Waals surface area (Å²) in [5.74, 6) is 0.212. The summed E-state index contributed by atoms with van der Waals surface area (Å²) < 4.78 is 5.50. The van der Waals surface area contributed by atoms with Crippen LogP contribution in [0.2, 0.25) is 0 Å². The zero-order valence-electron chi connectivity index (χ0n) is 18.5. The Bertz CT molecular complexity index is 848. The van der Waals surface area contributed by atoms with Crippen LogP contribution in [0.4, 0.5) is 0 Å². The summed E-state index contributed by atoms with van der Waals surface area (Å²) >= 11 is 0. The highest BCUT2D eigenvalue weighted by Gasteiger charge is 2.46. The first kappa shape index (κ1) is 22.1. The van der Waals surface area contributed by atoms with E-state index >= 15 is 0 Å². The molecule has 6 nitrogen and oxygen atoms in total. The fourth-order valence-corrected chi connectivity index (χ4v) is 4.50. The van der Waals surface area contributed by atoms with Crippen LogP contribution in [0, 0.1) is 18.8 Å². The minimum Gasteiger partial charge on any atom is -0.496 e.